The smallest absolute Gasteiger partial charge is 0.269 e. The summed E-state index contributed by atoms with van der Waals surface area (Å²) in [6.07, 6.45) is 0. The molecule has 0 aliphatic carbocycles. The second-order valence-corrected chi connectivity index (χ2v) is 4.65. The summed E-state index contributed by atoms with van der Waals surface area (Å²) in [5.41, 5.74) is -0.136. The van der Waals surface area contributed by atoms with E-state index in [4.69, 9.17) is 16.3 Å². The highest BCUT2D eigenvalue weighted by atomic mass is 35.5. The van der Waals surface area contributed by atoms with Gasteiger partial charge in [-0.3, -0.25) is 14.9 Å². The molecule has 0 radical (unpaired) electrons. The Balaban J connectivity index is 1.92. The molecule has 0 aliphatic rings. The first-order valence-electron chi connectivity index (χ1n) is 6.08. The van der Waals surface area contributed by atoms with Crippen molar-refractivity contribution in [3.63, 3.8) is 0 Å². The second kappa shape index (κ2) is 6.86. The van der Waals surface area contributed by atoms with Crippen molar-refractivity contribution in [3.8, 4) is 5.75 Å². The fourth-order valence-electron chi connectivity index (χ4n) is 1.59. The van der Waals surface area contributed by atoms with Gasteiger partial charge in [0.05, 0.1) is 10.6 Å². The summed E-state index contributed by atoms with van der Waals surface area (Å²) >= 11 is 5.71. The number of hydrogen-bond acceptors (Lipinski definition) is 4. The van der Waals surface area contributed by atoms with Crippen LogP contribution in [0.3, 0.4) is 0 Å². The van der Waals surface area contributed by atoms with E-state index in [1.165, 1.54) is 36.4 Å². The molecule has 0 spiro atoms. The van der Waals surface area contributed by atoms with Crippen molar-refractivity contribution in [2.75, 3.05) is 11.9 Å². The zero-order valence-electron chi connectivity index (χ0n) is 11.1. The van der Waals surface area contributed by atoms with E-state index in [9.17, 15) is 19.3 Å². The lowest BCUT2D eigenvalue weighted by atomic mass is 10.3. The normalized spacial score (nSPS) is 10.1. The van der Waals surface area contributed by atoms with Gasteiger partial charge in [-0.15, -0.1) is 0 Å². The zero-order valence-corrected chi connectivity index (χ0v) is 11.8. The van der Waals surface area contributed by atoms with Crippen LogP contribution in [0.4, 0.5) is 15.8 Å². The van der Waals surface area contributed by atoms with Crippen molar-refractivity contribution in [2.45, 2.75) is 0 Å². The third-order valence-electron chi connectivity index (χ3n) is 2.62. The second-order valence-electron chi connectivity index (χ2n) is 4.21. The summed E-state index contributed by atoms with van der Waals surface area (Å²) in [6, 6.07) is 9.01. The van der Waals surface area contributed by atoms with Gasteiger partial charge in [0.2, 0.25) is 0 Å². The number of nitro benzene ring substituents is 1. The maximum absolute atomic E-state index is 13.4. The Morgan fingerprint density at radius 3 is 2.59 bits per heavy atom. The van der Waals surface area contributed by atoms with E-state index < -0.39 is 16.6 Å². The summed E-state index contributed by atoms with van der Waals surface area (Å²) in [7, 11) is 0. The fourth-order valence-corrected chi connectivity index (χ4v) is 1.76. The number of nitrogens with one attached hydrogen (secondary N) is 1. The molecule has 0 aromatic heterocycles. The van der Waals surface area contributed by atoms with Gasteiger partial charge >= 0.3 is 0 Å². The minimum Gasteiger partial charge on any atom is -0.484 e. The summed E-state index contributed by atoms with van der Waals surface area (Å²) in [5, 5.41) is 13.1. The van der Waals surface area contributed by atoms with Crippen LogP contribution in [0.2, 0.25) is 5.02 Å². The lowest BCUT2D eigenvalue weighted by molar-refractivity contribution is -0.384. The molecule has 0 unspecified atom stereocenters. The largest absolute Gasteiger partial charge is 0.484 e. The third kappa shape index (κ3) is 4.16. The number of ether oxygens (including phenoxy) is 1. The van der Waals surface area contributed by atoms with Crippen LogP contribution in [-0.2, 0) is 4.79 Å². The highest BCUT2D eigenvalue weighted by Gasteiger charge is 2.09. The van der Waals surface area contributed by atoms with Gasteiger partial charge in [0.1, 0.15) is 11.6 Å². The topological polar surface area (TPSA) is 81.5 Å². The number of carbonyl (C=O) groups excluding carboxylic acids is 1. The molecule has 2 rings (SSSR count). The number of non-ortho nitro benzene ring substituents is 1. The van der Waals surface area contributed by atoms with Crippen LogP contribution >= 0.6 is 11.6 Å². The van der Waals surface area contributed by atoms with Gasteiger partial charge in [-0.25, -0.2) is 4.39 Å². The van der Waals surface area contributed by atoms with Gasteiger partial charge in [0, 0.05) is 17.2 Å². The van der Waals surface area contributed by atoms with Crippen molar-refractivity contribution in [1.82, 2.24) is 0 Å². The SMILES string of the molecule is O=C(COc1ccc([N+](=O)[O-])cc1)Nc1cc(Cl)ccc1F. The molecule has 0 heterocycles. The monoisotopic (exact) mass is 324 g/mol. The summed E-state index contributed by atoms with van der Waals surface area (Å²) in [5.74, 6) is -0.917. The molecule has 1 amide bonds. The highest BCUT2D eigenvalue weighted by Crippen LogP contribution is 2.20. The van der Waals surface area contributed by atoms with E-state index in [0.717, 1.165) is 6.07 Å². The van der Waals surface area contributed by atoms with Crippen LogP contribution in [0.15, 0.2) is 42.5 Å². The van der Waals surface area contributed by atoms with Gasteiger partial charge in [-0.05, 0) is 30.3 Å². The van der Waals surface area contributed by atoms with E-state index in [1.54, 1.807) is 0 Å². The average Bonchev–Trinajstić information content (AvgIpc) is 2.49. The van der Waals surface area contributed by atoms with Crippen molar-refractivity contribution in [2.24, 2.45) is 0 Å². The summed E-state index contributed by atoms with van der Waals surface area (Å²) in [4.78, 5) is 21.6. The molecule has 22 heavy (non-hydrogen) atoms. The first-order chi connectivity index (χ1) is 10.5. The van der Waals surface area contributed by atoms with Gasteiger partial charge in [0.25, 0.3) is 11.6 Å². The number of amides is 1. The molecule has 0 saturated carbocycles. The molecule has 6 nitrogen and oxygen atoms in total. The number of anilines is 1. The highest BCUT2D eigenvalue weighted by molar-refractivity contribution is 6.30. The van der Waals surface area contributed by atoms with Crippen LogP contribution in [0.1, 0.15) is 0 Å². The van der Waals surface area contributed by atoms with Crippen LogP contribution in [0.25, 0.3) is 0 Å². The summed E-state index contributed by atoms with van der Waals surface area (Å²) < 4.78 is 18.6. The number of carbonyl (C=O) groups is 1. The first-order valence-corrected chi connectivity index (χ1v) is 6.45. The average molecular weight is 325 g/mol. The molecule has 0 saturated heterocycles. The molecule has 114 valence electrons. The molecule has 0 aliphatic heterocycles. The molecular weight excluding hydrogens is 315 g/mol. The van der Waals surface area contributed by atoms with Crippen LogP contribution in [0.5, 0.6) is 5.75 Å². The Kier molecular flexibility index (Phi) is 4.90. The van der Waals surface area contributed by atoms with Crippen molar-refractivity contribution < 1.29 is 18.8 Å². The number of halogens is 2. The first kappa shape index (κ1) is 15.7. The Bertz CT molecular complexity index is 706. The maximum Gasteiger partial charge on any atom is 0.269 e. The van der Waals surface area contributed by atoms with E-state index in [1.807, 2.05) is 0 Å². The standard InChI is InChI=1S/C14H10ClFN2O4/c15-9-1-6-12(16)13(7-9)17-14(19)8-22-11-4-2-10(3-5-11)18(20)21/h1-7H,8H2,(H,17,19). The number of hydrogen-bond donors (Lipinski definition) is 1. The van der Waals surface area contributed by atoms with Crippen LogP contribution in [0, 0.1) is 15.9 Å². The Morgan fingerprint density at radius 2 is 1.95 bits per heavy atom. The number of rotatable bonds is 5. The minimum atomic E-state index is -0.618. The molecule has 0 fully saturated rings. The maximum atomic E-state index is 13.4. The number of benzene rings is 2. The van der Waals surface area contributed by atoms with E-state index in [-0.39, 0.29) is 28.8 Å². The molecule has 1 N–H and O–H groups in total. The number of nitrogens with zero attached hydrogens (tertiary/aromatic N) is 1. The molecule has 0 bridgehead atoms. The van der Waals surface area contributed by atoms with Crippen molar-refractivity contribution in [3.05, 3.63) is 63.4 Å². The molecular formula is C14H10ClFN2O4. The number of nitro groups is 1. The van der Waals surface area contributed by atoms with Crippen LogP contribution < -0.4 is 10.1 Å². The third-order valence-corrected chi connectivity index (χ3v) is 2.86. The Morgan fingerprint density at radius 1 is 1.27 bits per heavy atom. The Hall–Kier alpha value is -2.67. The lowest BCUT2D eigenvalue weighted by Crippen LogP contribution is -2.20. The van der Waals surface area contributed by atoms with Gasteiger partial charge in [-0.2, -0.15) is 0 Å². The minimum absolute atomic E-state index is 0.0511. The lowest BCUT2D eigenvalue weighted by Gasteiger charge is -2.08. The molecule has 2 aromatic carbocycles. The van der Waals surface area contributed by atoms with E-state index >= 15 is 0 Å². The van der Waals surface area contributed by atoms with Crippen molar-refractivity contribution in [1.29, 1.82) is 0 Å². The molecule has 0 atom stereocenters. The Labute approximate surface area is 129 Å². The van der Waals surface area contributed by atoms with Gasteiger partial charge < -0.3 is 10.1 Å². The van der Waals surface area contributed by atoms with Crippen LogP contribution in [-0.4, -0.2) is 17.4 Å². The van der Waals surface area contributed by atoms with Gasteiger partial charge in [-0.1, -0.05) is 11.6 Å². The van der Waals surface area contributed by atoms with Gasteiger partial charge in [0.15, 0.2) is 6.61 Å². The predicted octanol–water partition coefficient (Wildman–Crippen LogP) is 3.40. The zero-order chi connectivity index (χ0) is 16.1. The molecule has 8 heteroatoms. The summed E-state index contributed by atoms with van der Waals surface area (Å²) in [6.45, 7) is -0.371. The van der Waals surface area contributed by atoms with E-state index in [2.05, 4.69) is 5.32 Å². The predicted molar refractivity (Wildman–Crippen MR) is 78.6 cm³/mol. The molecule has 2 aromatic rings. The quantitative estimate of drug-likeness (QED) is 0.675. The fraction of sp³-hybridized carbons (Fsp3) is 0.0714. The van der Waals surface area contributed by atoms with Crippen molar-refractivity contribution >= 4 is 28.9 Å². The van der Waals surface area contributed by atoms with E-state index in [0.29, 0.717) is 0 Å².